The molecule has 1 heterocycles. The number of rotatable bonds is 5. The minimum atomic E-state index is -0.256. The number of nitrogens with zero attached hydrogens (tertiary/aromatic N) is 1. The number of nitrogens with one attached hydrogen (secondary N) is 1. The molecule has 1 aliphatic rings. The number of anilines is 2. The Morgan fingerprint density at radius 3 is 2.33 bits per heavy atom. The number of hydrogen-bond donors (Lipinski definition) is 1. The first-order valence-corrected chi connectivity index (χ1v) is 8.97. The third-order valence-corrected chi connectivity index (χ3v) is 4.68. The van der Waals surface area contributed by atoms with Crippen LogP contribution < -0.4 is 19.7 Å². The van der Waals surface area contributed by atoms with Crippen molar-refractivity contribution in [2.75, 3.05) is 31.0 Å². The molecule has 2 amide bonds. The molecule has 3 rings (SSSR count). The Kier molecular flexibility index (Phi) is 5.64. The molecule has 0 spiro atoms. The predicted molar refractivity (Wildman–Crippen MR) is 105 cm³/mol. The van der Waals surface area contributed by atoms with Crippen LogP contribution in [0.4, 0.5) is 11.4 Å². The zero-order chi connectivity index (χ0) is 19.4. The molecule has 0 aliphatic carbocycles. The van der Waals surface area contributed by atoms with E-state index in [1.807, 2.05) is 30.0 Å². The summed E-state index contributed by atoms with van der Waals surface area (Å²) < 4.78 is 10.4. The van der Waals surface area contributed by atoms with Gasteiger partial charge in [0.25, 0.3) is 5.91 Å². The highest BCUT2D eigenvalue weighted by Gasteiger charge is 2.21. The number of methoxy groups -OCH3 is 2. The van der Waals surface area contributed by atoms with E-state index in [0.29, 0.717) is 29.2 Å². The molecule has 0 radical (unpaired) electrons. The second-order valence-electron chi connectivity index (χ2n) is 6.56. The van der Waals surface area contributed by atoms with Gasteiger partial charge in [-0.1, -0.05) is 0 Å². The van der Waals surface area contributed by atoms with Gasteiger partial charge in [0.05, 0.1) is 14.2 Å². The van der Waals surface area contributed by atoms with E-state index in [4.69, 9.17) is 9.47 Å². The standard InChI is InChI=1S/C21H24N2O4/c1-14-10-16(7-8-19(14)23-9-5-4-6-20(23)24)22-21(25)15-11-17(26-2)13-18(12-15)27-3/h7-8,10-13H,4-6,9H2,1-3H3,(H,22,25). The Balaban J connectivity index is 1.79. The number of ether oxygens (including phenoxy) is 2. The highest BCUT2D eigenvalue weighted by molar-refractivity contribution is 6.05. The molecule has 2 aromatic carbocycles. The molecule has 1 saturated heterocycles. The maximum absolute atomic E-state index is 12.6. The van der Waals surface area contributed by atoms with Crippen LogP contribution in [0.1, 0.15) is 35.2 Å². The van der Waals surface area contributed by atoms with Crippen molar-refractivity contribution in [3.05, 3.63) is 47.5 Å². The number of aryl methyl sites for hydroxylation is 1. The highest BCUT2D eigenvalue weighted by atomic mass is 16.5. The lowest BCUT2D eigenvalue weighted by Gasteiger charge is -2.28. The van der Waals surface area contributed by atoms with E-state index in [9.17, 15) is 9.59 Å². The summed E-state index contributed by atoms with van der Waals surface area (Å²) in [5.74, 6) is 1.00. The number of amides is 2. The molecule has 1 N–H and O–H groups in total. The van der Waals surface area contributed by atoms with Crippen LogP contribution in [0.2, 0.25) is 0 Å². The van der Waals surface area contributed by atoms with Crippen molar-refractivity contribution in [2.45, 2.75) is 26.2 Å². The van der Waals surface area contributed by atoms with Crippen LogP contribution in [0.25, 0.3) is 0 Å². The average Bonchev–Trinajstić information content (AvgIpc) is 2.68. The number of benzene rings is 2. The number of piperidine rings is 1. The van der Waals surface area contributed by atoms with Crippen LogP contribution in [-0.2, 0) is 4.79 Å². The normalized spacial score (nSPS) is 14.0. The first kappa shape index (κ1) is 18.8. The number of carbonyl (C=O) groups excluding carboxylic acids is 2. The Labute approximate surface area is 159 Å². The van der Waals surface area contributed by atoms with E-state index >= 15 is 0 Å². The van der Waals surface area contributed by atoms with Crippen LogP contribution in [0, 0.1) is 6.92 Å². The van der Waals surface area contributed by atoms with Crippen molar-refractivity contribution in [1.29, 1.82) is 0 Å². The summed E-state index contributed by atoms with van der Waals surface area (Å²) in [5, 5.41) is 2.89. The second-order valence-corrected chi connectivity index (χ2v) is 6.56. The van der Waals surface area contributed by atoms with E-state index in [1.165, 1.54) is 0 Å². The van der Waals surface area contributed by atoms with Gasteiger partial charge in [0.15, 0.2) is 0 Å². The monoisotopic (exact) mass is 368 g/mol. The van der Waals surface area contributed by atoms with Gasteiger partial charge in [-0.05, 0) is 55.7 Å². The van der Waals surface area contributed by atoms with Crippen molar-refractivity contribution in [3.63, 3.8) is 0 Å². The summed E-state index contributed by atoms with van der Waals surface area (Å²) in [6.07, 6.45) is 2.56. The second kappa shape index (κ2) is 8.12. The Hall–Kier alpha value is -3.02. The summed E-state index contributed by atoms with van der Waals surface area (Å²) >= 11 is 0. The molecule has 2 aromatic rings. The molecule has 0 aromatic heterocycles. The first-order chi connectivity index (χ1) is 13.0. The van der Waals surface area contributed by atoms with Gasteiger partial charge in [-0.3, -0.25) is 9.59 Å². The lowest BCUT2D eigenvalue weighted by molar-refractivity contribution is -0.119. The van der Waals surface area contributed by atoms with Crippen molar-refractivity contribution >= 4 is 23.2 Å². The lowest BCUT2D eigenvalue weighted by atomic mass is 10.1. The summed E-state index contributed by atoms with van der Waals surface area (Å²) in [6, 6.07) is 10.6. The van der Waals surface area contributed by atoms with Gasteiger partial charge < -0.3 is 19.7 Å². The molecule has 6 nitrogen and oxygen atoms in total. The predicted octanol–water partition coefficient (Wildman–Crippen LogP) is 3.78. The minimum absolute atomic E-state index is 0.157. The van der Waals surface area contributed by atoms with Crippen LogP contribution >= 0.6 is 0 Å². The molecule has 0 atom stereocenters. The topological polar surface area (TPSA) is 67.9 Å². The zero-order valence-corrected chi connectivity index (χ0v) is 15.9. The fraction of sp³-hybridized carbons (Fsp3) is 0.333. The molecule has 0 bridgehead atoms. The molecule has 27 heavy (non-hydrogen) atoms. The van der Waals surface area contributed by atoms with Crippen LogP contribution in [0.15, 0.2) is 36.4 Å². The zero-order valence-electron chi connectivity index (χ0n) is 15.9. The van der Waals surface area contributed by atoms with E-state index in [-0.39, 0.29) is 11.8 Å². The van der Waals surface area contributed by atoms with E-state index in [2.05, 4.69) is 5.32 Å². The molecule has 0 unspecified atom stereocenters. The fourth-order valence-corrected chi connectivity index (χ4v) is 3.24. The third-order valence-electron chi connectivity index (χ3n) is 4.68. The van der Waals surface area contributed by atoms with Crippen molar-refractivity contribution < 1.29 is 19.1 Å². The molecule has 1 aliphatic heterocycles. The summed E-state index contributed by atoms with van der Waals surface area (Å²) in [6.45, 7) is 2.69. The molecular weight excluding hydrogens is 344 g/mol. The van der Waals surface area contributed by atoms with Gasteiger partial charge >= 0.3 is 0 Å². The Morgan fingerprint density at radius 1 is 1.04 bits per heavy atom. The highest BCUT2D eigenvalue weighted by Crippen LogP contribution is 2.28. The molecule has 142 valence electrons. The summed E-state index contributed by atoms with van der Waals surface area (Å²) in [7, 11) is 3.08. The lowest BCUT2D eigenvalue weighted by Crippen LogP contribution is -2.35. The summed E-state index contributed by atoms with van der Waals surface area (Å²) in [5.41, 5.74) is 2.97. The smallest absolute Gasteiger partial charge is 0.255 e. The number of carbonyl (C=O) groups is 2. The van der Waals surface area contributed by atoms with Gasteiger partial charge in [-0.15, -0.1) is 0 Å². The Bertz CT molecular complexity index is 841. The van der Waals surface area contributed by atoms with E-state index in [0.717, 1.165) is 30.6 Å². The van der Waals surface area contributed by atoms with Gasteiger partial charge in [-0.25, -0.2) is 0 Å². The van der Waals surface area contributed by atoms with Gasteiger partial charge in [0.2, 0.25) is 5.91 Å². The summed E-state index contributed by atoms with van der Waals surface area (Å²) in [4.78, 5) is 26.6. The van der Waals surface area contributed by atoms with Crippen LogP contribution in [-0.4, -0.2) is 32.6 Å². The molecular formula is C21H24N2O4. The third kappa shape index (κ3) is 4.22. The van der Waals surface area contributed by atoms with Crippen molar-refractivity contribution in [3.8, 4) is 11.5 Å². The van der Waals surface area contributed by atoms with Gasteiger partial charge in [0.1, 0.15) is 11.5 Å². The van der Waals surface area contributed by atoms with Gasteiger partial charge in [0, 0.05) is 36.0 Å². The fourth-order valence-electron chi connectivity index (χ4n) is 3.24. The van der Waals surface area contributed by atoms with Crippen molar-refractivity contribution in [1.82, 2.24) is 0 Å². The van der Waals surface area contributed by atoms with E-state index < -0.39 is 0 Å². The molecule has 6 heteroatoms. The quantitative estimate of drug-likeness (QED) is 0.872. The maximum Gasteiger partial charge on any atom is 0.255 e. The first-order valence-electron chi connectivity index (χ1n) is 8.97. The number of hydrogen-bond acceptors (Lipinski definition) is 4. The SMILES string of the molecule is COc1cc(OC)cc(C(=O)Nc2ccc(N3CCCCC3=O)c(C)c2)c1. The minimum Gasteiger partial charge on any atom is -0.497 e. The maximum atomic E-state index is 12.6. The van der Waals surface area contributed by atoms with Crippen LogP contribution in [0.5, 0.6) is 11.5 Å². The van der Waals surface area contributed by atoms with Crippen LogP contribution in [0.3, 0.4) is 0 Å². The molecule has 0 saturated carbocycles. The largest absolute Gasteiger partial charge is 0.497 e. The van der Waals surface area contributed by atoms with Gasteiger partial charge in [-0.2, -0.15) is 0 Å². The van der Waals surface area contributed by atoms with Crippen molar-refractivity contribution in [2.24, 2.45) is 0 Å². The Morgan fingerprint density at radius 2 is 1.74 bits per heavy atom. The average molecular weight is 368 g/mol. The molecule has 1 fully saturated rings. The van der Waals surface area contributed by atoms with E-state index in [1.54, 1.807) is 32.4 Å².